The Labute approximate surface area is 192 Å². The second-order valence-electron chi connectivity index (χ2n) is 8.19. The molecule has 4 aromatic rings. The monoisotopic (exact) mass is 437 g/mol. The number of hydrogen-bond acceptors (Lipinski definition) is 4. The van der Waals surface area contributed by atoms with Crippen molar-refractivity contribution in [1.82, 2.24) is 14.9 Å². The largest absolute Gasteiger partial charge is 0.468 e. The van der Waals surface area contributed by atoms with Crippen molar-refractivity contribution in [2.75, 3.05) is 11.9 Å². The van der Waals surface area contributed by atoms with Crippen molar-refractivity contribution in [3.63, 3.8) is 0 Å². The zero-order valence-electron chi connectivity index (χ0n) is 18.4. The SMILES string of the molecule is [C-]#[N+]c1ccc2cc1Oc1ccc3cccc(c3c1)N(C)C(=O)C(C)NCc1cncn1C2. The van der Waals surface area contributed by atoms with Crippen molar-refractivity contribution >= 4 is 28.1 Å². The molecule has 4 bridgehead atoms. The second kappa shape index (κ2) is 8.41. The van der Waals surface area contributed by atoms with E-state index in [1.54, 1.807) is 30.5 Å². The fourth-order valence-electron chi connectivity index (χ4n) is 4.14. The predicted molar refractivity (Wildman–Crippen MR) is 128 cm³/mol. The molecule has 0 aliphatic carbocycles. The molecule has 1 aromatic heterocycles. The molecule has 1 amide bonds. The van der Waals surface area contributed by atoms with Crippen molar-refractivity contribution in [2.24, 2.45) is 0 Å². The molecule has 0 fully saturated rings. The molecule has 7 nitrogen and oxygen atoms in total. The summed E-state index contributed by atoms with van der Waals surface area (Å²) >= 11 is 0. The van der Waals surface area contributed by atoms with Gasteiger partial charge in [-0.15, -0.1) is 0 Å². The number of hydrogen-bond donors (Lipinski definition) is 1. The minimum Gasteiger partial charge on any atom is -0.468 e. The van der Waals surface area contributed by atoms with Gasteiger partial charge in [-0.1, -0.05) is 30.3 Å². The highest BCUT2D eigenvalue weighted by Gasteiger charge is 2.21. The summed E-state index contributed by atoms with van der Waals surface area (Å²) in [6, 6.07) is 16.9. The fraction of sp³-hybridized carbons (Fsp3) is 0.192. The average Bonchev–Trinajstić information content (AvgIpc) is 3.27. The molecule has 1 unspecified atom stereocenters. The number of nitrogens with zero attached hydrogens (tertiary/aromatic N) is 4. The van der Waals surface area contributed by atoms with Gasteiger partial charge < -0.3 is 19.5 Å². The van der Waals surface area contributed by atoms with E-state index in [0.717, 1.165) is 27.7 Å². The highest BCUT2D eigenvalue weighted by Crippen LogP contribution is 2.36. The minimum atomic E-state index is -0.384. The maximum atomic E-state index is 13.2. The van der Waals surface area contributed by atoms with Crippen molar-refractivity contribution in [3.05, 3.63) is 89.8 Å². The van der Waals surface area contributed by atoms with E-state index in [4.69, 9.17) is 11.3 Å². The van der Waals surface area contributed by atoms with E-state index in [9.17, 15) is 4.79 Å². The molecule has 33 heavy (non-hydrogen) atoms. The van der Waals surface area contributed by atoms with Crippen molar-refractivity contribution in [2.45, 2.75) is 26.1 Å². The first-order valence-corrected chi connectivity index (χ1v) is 10.7. The number of imidazole rings is 1. The highest BCUT2D eigenvalue weighted by molar-refractivity contribution is 6.05. The molecule has 0 saturated carbocycles. The number of aromatic nitrogens is 2. The Morgan fingerprint density at radius 3 is 2.91 bits per heavy atom. The second-order valence-corrected chi connectivity index (χ2v) is 8.19. The summed E-state index contributed by atoms with van der Waals surface area (Å²) in [5, 5.41) is 5.24. The van der Waals surface area contributed by atoms with Gasteiger partial charge in [0.05, 0.1) is 30.3 Å². The van der Waals surface area contributed by atoms with Gasteiger partial charge >= 0.3 is 0 Å². The van der Waals surface area contributed by atoms with Gasteiger partial charge in [-0.3, -0.25) is 4.79 Å². The highest BCUT2D eigenvalue weighted by atomic mass is 16.5. The first kappa shape index (κ1) is 20.7. The number of ether oxygens (including phenoxy) is 1. The van der Waals surface area contributed by atoms with Crippen LogP contribution in [-0.2, 0) is 17.9 Å². The average molecular weight is 438 g/mol. The smallest absolute Gasteiger partial charge is 0.243 e. The van der Waals surface area contributed by atoms with Crippen molar-refractivity contribution < 1.29 is 9.53 Å². The molecule has 1 atom stereocenters. The quantitative estimate of drug-likeness (QED) is 0.398. The van der Waals surface area contributed by atoms with Crippen LogP contribution in [0.25, 0.3) is 15.6 Å². The lowest BCUT2D eigenvalue weighted by Crippen LogP contribution is -2.43. The number of fused-ring (bicyclic) bond motifs is 4. The lowest BCUT2D eigenvalue weighted by molar-refractivity contribution is -0.119. The molecule has 3 aromatic carbocycles. The third-order valence-electron chi connectivity index (χ3n) is 6.01. The van der Waals surface area contributed by atoms with Crippen LogP contribution in [0.5, 0.6) is 11.5 Å². The Hall–Kier alpha value is -4.15. The summed E-state index contributed by atoms with van der Waals surface area (Å²) in [5.41, 5.74) is 3.21. The lowest BCUT2D eigenvalue weighted by Gasteiger charge is -2.24. The number of carbonyl (C=O) groups excluding carboxylic acids is 1. The number of amides is 1. The first-order valence-electron chi connectivity index (χ1n) is 10.7. The van der Waals surface area contributed by atoms with Crippen LogP contribution in [-0.4, -0.2) is 28.5 Å². The Morgan fingerprint density at radius 1 is 1.18 bits per heavy atom. The van der Waals surface area contributed by atoms with Gasteiger partial charge in [-0.05, 0) is 42.1 Å². The standard InChI is InChI=1S/C26H23N5O2/c1-17-26(32)30(3)24-6-4-5-19-8-9-21(12-22(19)24)33-25-11-18(7-10-23(25)27-2)15-31-16-28-13-20(31)14-29-17/h4-13,16-17,29H,14-15H2,1,3H3. The molecule has 1 aliphatic heterocycles. The third kappa shape index (κ3) is 3.93. The van der Waals surface area contributed by atoms with E-state index in [1.807, 2.05) is 60.0 Å². The summed E-state index contributed by atoms with van der Waals surface area (Å²) < 4.78 is 8.23. The fourth-order valence-corrected chi connectivity index (χ4v) is 4.14. The number of benzene rings is 3. The molecular formula is C26H23N5O2. The normalized spacial score (nSPS) is 16.3. The maximum Gasteiger partial charge on any atom is 0.243 e. The van der Waals surface area contributed by atoms with Crippen molar-refractivity contribution in [3.8, 4) is 11.5 Å². The van der Waals surface area contributed by atoms with Crippen LogP contribution in [0.1, 0.15) is 18.2 Å². The zero-order chi connectivity index (χ0) is 22.9. The number of rotatable bonds is 0. The van der Waals surface area contributed by atoms with E-state index in [2.05, 4.69) is 15.1 Å². The van der Waals surface area contributed by atoms with Crippen LogP contribution < -0.4 is 15.0 Å². The minimum absolute atomic E-state index is 0.0347. The number of likely N-dealkylation sites (N-methyl/N-ethyl adjacent to an activating group) is 1. The molecule has 2 heterocycles. The van der Waals surface area contributed by atoms with Crippen molar-refractivity contribution in [1.29, 1.82) is 0 Å². The molecule has 164 valence electrons. The molecule has 7 heteroatoms. The van der Waals surface area contributed by atoms with Crippen LogP contribution >= 0.6 is 0 Å². The maximum absolute atomic E-state index is 13.2. The van der Waals surface area contributed by atoms with Crippen LogP contribution in [0, 0.1) is 6.57 Å². The molecule has 5 rings (SSSR count). The van der Waals surface area contributed by atoms with E-state index in [-0.39, 0.29) is 11.9 Å². The predicted octanol–water partition coefficient (Wildman–Crippen LogP) is 4.88. The van der Waals surface area contributed by atoms with Crippen LogP contribution in [0.15, 0.2) is 67.1 Å². The van der Waals surface area contributed by atoms with Gasteiger partial charge in [0.1, 0.15) is 11.5 Å². The summed E-state index contributed by atoms with van der Waals surface area (Å²) in [5.74, 6) is 1.08. The van der Waals surface area contributed by atoms with E-state index in [0.29, 0.717) is 30.3 Å². The molecule has 1 aliphatic rings. The van der Waals surface area contributed by atoms with Gasteiger partial charge in [-0.25, -0.2) is 9.83 Å². The molecule has 0 radical (unpaired) electrons. The van der Waals surface area contributed by atoms with Gasteiger partial charge in [0, 0.05) is 31.7 Å². The van der Waals surface area contributed by atoms with E-state index < -0.39 is 0 Å². The summed E-state index contributed by atoms with van der Waals surface area (Å²) in [7, 11) is 1.79. The summed E-state index contributed by atoms with van der Waals surface area (Å²) in [4.78, 5) is 22.8. The molecular weight excluding hydrogens is 414 g/mol. The van der Waals surface area contributed by atoms with Crippen LogP contribution in [0.4, 0.5) is 11.4 Å². The number of anilines is 1. The molecule has 1 N–H and O–H groups in total. The third-order valence-corrected chi connectivity index (χ3v) is 6.01. The summed E-state index contributed by atoms with van der Waals surface area (Å²) in [6.07, 6.45) is 3.57. The molecule has 0 saturated heterocycles. The van der Waals surface area contributed by atoms with Gasteiger partial charge in [0.15, 0.2) is 0 Å². The van der Waals surface area contributed by atoms with Gasteiger partial charge in [0.2, 0.25) is 11.6 Å². The lowest BCUT2D eigenvalue weighted by atomic mass is 10.1. The Morgan fingerprint density at radius 2 is 2.06 bits per heavy atom. The Kier molecular flexibility index (Phi) is 5.29. The topological polar surface area (TPSA) is 63.8 Å². The van der Waals surface area contributed by atoms with Gasteiger partial charge in [0.25, 0.3) is 0 Å². The number of carbonyl (C=O) groups is 1. The van der Waals surface area contributed by atoms with E-state index in [1.165, 1.54) is 0 Å². The molecule has 0 spiro atoms. The van der Waals surface area contributed by atoms with Gasteiger partial charge in [-0.2, -0.15) is 0 Å². The Bertz CT molecular complexity index is 1400. The Balaban J connectivity index is 1.66. The van der Waals surface area contributed by atoms with E-state index >= 15 is 0 Å². The first-order chi connectivity index (χ1) is 16.0. The summed E-state index contributed by atoms with van der Waals surface area (Å²) in [6.45, 7) is 10.5. The zero-order valence-corrected chi connectivity index (χ0v) is 18.4. The number of nitrogens with one attached hydrogen (secondary N) is 1. The van der Waals surface area contributed by atoms with Crippen LogP contribution in [0.2, 0.25) is 0 Å². The van der Waals surface area contributed by atoms with Crippen LogP contribution in [0.3, 0.4) is 0 Å².